The maximum Gasteiger partial charge on any atom is 0.141 e. The number of anilines is 1. The molecule has 2 N–H and O–H groups in total. The number of nitrogens with zero attached hydrogens (tertiary/aromatic N) is 2. The minimum atomic E-state index is 0.462. The first-order valence-electron chi connectivity index (χ1n) is 6.42. The third kappa shape index (κ3) is 3.12. The maximum absolute atomic E-state index is 5.98. The number of nitrogens with two attached hydrogens (primary N) is 1. The predicted molar refractivity (Wildman–Crippen MR) is 80.2 cm³/mol. The van der Waals surface area contributed by atoms with E-state index in [-0.39, 0.29) is 0 Å². The molecule has 1 fully saturated rings. The number of hydrogen-bond acceptors (Lipinski definition) is 4. The largest absolute Gasteiger partial charge is 0.383 e. The molecule has 0 aromatic carbocycles. The van der Waals surface area contributed by atoms with Crippen LogP contribution in [0.15, 0.2) is 0 Å². The van der Waals surface area contributed by atoms with Crippen molar-refractivity contribution in [2.45, 2.75) is 45.1 Å². The Morgan fingerprint density at radius 3 is 2.83 bits per heavy atom. The smallest absolute Gasteiger partial charge is 0.141 e. The van der Waals surface area contributed by atoms with Crippen molar-refractivity contribution in [2.75, 3.05) is 12.8 Å². The summed E-state index contributed by atoms with van der Waals surface area (Å²) in [4.78, 5) is 9.13. The van der Waals surface area contributed by atoms with Gasteiger partial charge in [0.1, 0.15) is 11.6 Å². The second kappa shape index (κ2) is 6.14. The molecule has 0 aliphatic heterocycles. The summed E-state index contributed by atoms with van der Waals surface area (Å²) in [5, 5.41) is 0. The molecule has 1 aliphatic rings. The average molecular weight is 361 g/mol. The van der Waals surface area contributed by atoms with E-state index in [9.17, 15) is 0 Å². The van der Waals surface area contributed by atoms with Gasteiger partial charge in [-0.15, -0.1) is 0 Å². The molecule has 0 radical (unpaired) electrons. The van der Waals surface area contributed by atoms with Crippen molar-refractivity contribution in [2.24, 2.45) is 5.92 Å². The molecule has 1 saturated carbocycles. The highest BCUT2D eigenvalue weighted by Crippen LogP contribution is 2.35. The zero-order chi connectivity index (χ0) is 13.1. The van der Waals surface area contributed by atoms with Crippen molar-refractivity contribution < 1.29 is 4.74 Å². The summed E-state index contributed by atoms with van der Waals surface area (Å²) in [7, 11) is 1.68. The normalized spacial score (nSPS) is 24.2. The van der Waals surface area contributed by atoms with E-state index in [2.05, 4.69) is 39.5 Å². The minimum Gasteiger partial charge on any atom is -0.383 e. The van der Waals surface area contributed by atoms with Crippen molar-refractivity contribution in [1.82, 2.24) is 9.97 Å². The first-order valence-corrected chi connectivity index (χ1v) is 7.50. The fraction of sp³-hybridized carbons (Fsp3) is 0.692. The van der Waals surface area contributed by atoms with Crippen LogP contribution in [-0.2, 0) is 11.3 Å². The van der Waals surface area contributed by atoms with Crippen LogP contribution in [0.5, 0.6) is 0 Å². The summed E-state index contributed by atoms with van der Waals surface area (Å²) in [5.74, 6) is 2.72. The first kappa shape index (κ1) is 14.0. The molecule has 18 heavy (non-hydrogen) atoms. The summed E-state index contributed by atoms with van der Waals surface area (Å²) in [5.41, 5.74) is 6.89. The SMILES string of the molecule is COCc1nc(C2CCCC(C)C2)nc(N)c1I. The van der Waals surface area contributed by atoms with Gasteiger partial charge < -0.3 is 10.5 Å². The second-order valence-corrected chi connectivity index (χ2v) is 6.21. The van der Waals surface area contributed by atoms with Crippen molar-refractivity contribution in [3.8, 4) is 0 Å². The molecular weight excluding hydrogens is 341 g/mol. The van der Waals surface area contributed by atoms with Crippen LogP contribution in [-0.4, -0.2) is 17.1 Å². The quantitative estimate of drug-likeness (QED) is 0.841. The third-order valence-electron chi connectivity index (χ3n) is 3.55. The number of rotatable bonds is 3. The van der Waals surface area contributed by atoms with E-state index in [1.807, 2.05) is 0 Å². The topological polar surface area (TPSA) is 61.0 Å². The van der Waals surface area contributed by atoms with Crippen LogP contribution < -0.4 is 5.73 Å². The Bertz CT molecular complexity index is 425. The van der Waals surface area contributed by atoms with Gasteiger partial charge >= 0.3 is 0 Å². The van der Waals surface area contributed by atoms with Crippen LogP contribution in [0.4, 0.5) is 5.82 Å². The Balaban J connectivity index is 2.27. The molecule has 2 atom stereocenters. The molecule has 2 rings (SSSR count). The molecule has 100 valence electrons. The van der Waals surface area contributed by atoms with Crippen LogP contribution in [0.25, 0.3) is 0 Å². The molecule has 5 heteroatoms. The Labute approximate surface area is 122 Å². The Morgan fingerprint density at radius 1 is 1.39 bits per heavy atom. The van der Waals surface area contributed by atoms with Crippen molar-refractivity contribution in [1.29, 1.82) is 0 Å². The fourth-order valence-corrected chi connectivity index (χ4v) is 3.01. The highest BCUT2D eigenvalue weighted by Gasteiger charge is 2.24. The molecule has 1 heterocycles. The number of methoxy groups -OCH3 is 1. The number of nitrogen functional groups attached to an aromatic ring is 1. The molecular formula is C13H20IN3O. The van der Waals surface area contributed by atoms with Crippen LogP contribution >= 0.6 is 22.6 Å². The number of ether oxygens (including phenoxy) is 1. The molecule has 0 saturated heterocycles. The van der Waals surface area contributed by atoms with Crippen LogP contribution in [0, 0.1) is 9.49 Å². The zero-order valence-corrected chi connectivity index (χ0v) is 13.1. The van der Waals surface area contributed by atoms with E-state index in [4.69, 9.17) is 10.5 Å². The van der Waals surface area contributed by atoms with E-state index in [1.54, 1.807) is 7.11 Å². The van der Waals surface area contributed by atoms with E-state index < -0.39 is 0 Å². The van der Waals surface area contributed by atoms with Crippen molar-refractivity contribution in [3.63, 3.8) is 0 Å². The Morgan fingerprint density at radius 2 is 2.17 bits per heavy atom. The van der Waals surface area contributed by atoms with Gasteiger partial charge in [-0.25, -0.2) is 9.97 Å². The number of halogens is 1. The van der Waals surface area contributed by atoms with Gasteiger partial charge in [-0.3, -0.25) is 0 Å². The van der Waals surface area contributed by atoms with Crippen LogP contribution in [0.1, 0.15) is 50.0 Å². The average Bonchev–Trinajstić information content (AvgIpc) is 2.35. The molecule has 0 bridgehead atoms. The Hall–Kier alpha value is -0.430. The van der Waals surface area contributed by atoms with E-state index in [0.717, 1.165) is 21.0 Å². The summed E-state index contributed by atoms with van der Waals surface area (Å²) < 4.78 is 6.10. The third-order valence-corrected chi connectivity index (χ3v) is 4.72. The van der Waals surface area contributed by atoms with E-state index in [1.165, 1.54) is 25.7 Å². The Kier molecular flexibility index (Phi) is 4.77. The molecule has 0 amide bonds. The molecule has 4 nitrogen and oxygen atoms in total. The lowest BCUT2D eigenvalue weighted by Crippen LogP contribution is -2.17. The zero-order valence-electron chi connectivity index (χ0n) is 10.9. The van der Waals surface area contributed by atoms with Crippen LogP contribution in [0.3, 0.4) is 0 Å². The maximum atomic E-state index is 5.98. The number of aromatic nitrogens is 2. The van der Waals surface area contributed by atoms with Gasteiger partial charge in [0.2, 0.25) is 0 Å². The van der Waals surface area contributed by atoms with E-state index in [0.29, 0.717) is 18.3 Å². The second-order valence-electron chi connectivity index (χ2n) is 5.13. The van der Waals surface area contributed by atoms with Gasteiger partial charge in [-0.2, -0.15) is 0 Å². The molecule has 0 spiro atoms. The standard InChI is InChI=1S/C13H20IN3O/c1-8-4-3-5-9(6-8)13-16-10(7-18-2)11(14)12(15)17-13/h8-9H,3-7H2,1-2H3,(H2,15,16,17). The lowest BCUT2D eigenvalue weighted by atomic mass is 9.82. The molecule has 1 aliphatic carbocycles. The van der Waals surface area contributed by atoms with Gasteiger partial charge in [0.05, 0.1) is 15.9 Å². The predicted octanol–water partition coefficient (Wildman–Crippen LogP) is 3.10. The first-order chi connectivity index (χ1) is 8.61. The van der Waals surface area contributed by atoms with Crippen molar-refractivity contribution in [3.05, 3.63) is 15.1 Å². The van der Waals surface area contributed by atoms with Gasteiger partial charge in [0.25, 0.3) is 0 Å². The number of hydrogen-bond donors (Lipinski definition) is 1. The fourth-order valence-electron chi connectivity index (χ4n) is 2.62. The summed E-state index contributed by atoms with van der Waals surface area (Å²) in [6, 6.07) is 0. The monoisotopic (exact) mass is 361 g/mol. The summed E-state index contributed by atoms with van der Waals surface area (Å²) in [6.07, 6.45) is 4.94. The highest BCUT2D eigenvalue weighted by molar-refractivity contribution is 14.1. The molecule has 2 unspecified atom stereocenters. The van der Waals surface area contributed by atoms with E-state index >= 15 is 0 Å². The molecule has 1 aromatic rings. The van der Waals surface area contributed by atoms with Gasteiger partial charge in [0.15, 0.2) is 0 Å². The minimum absolute atomic E-state index is 0.462. The molecule has 1 aromatic heterocycles. The lowest BCUT2D eigenvalue weighted by molar-refractivity contribution is 0.180. The lowest BCUT2D eigenvalue weighted by Gasteiger charge is -2.26. The van der Waals surface area contributed by atoms with Gasteiger partial charge in [-0.1, -0.05) is 19.8 Å². The highest BCUT2D eigenvalue weighted by atomic mass is 127. The van der Waals surface area contributed by atoms with Crippen LogP contribution in [0.2, 0.25) is 0 Å². The summed E-state index contributed by atoms with van der Waals surface area (Å²) >= 11 is 2.19. The van der Waals surface area contributed by atoms with Gasteiger partial charge in [0, 0.05) is 13.0 Å². The van der Waals surface area contributed by atoms with Crippen molar-refractivity contribution >= 4 is 28.4 Å². The van der Waals surface area contributed by atoms with Gasteiger partial charge in [-0.05, 0) is 41.4 Å². The summed E-state index contributed by atoms with van der Waals surface area (Å²) in [6.45, 7) is 2.80.